The van der Waals surface area contributed by atoms with Crippen molar-refractivity contribution >= 4 is 5.91 Å². The summed E-state index contributed by atoms with van der Waals surface area (Å²) in [5.74, 6) is 0.725. The summed E-state index contributed by atoms with van der Waals surface area (Å²) in [6.07, 6.45) is 2.06. The predicted octanol–water partition coefficient (Wildman–Crippen LogP) is 2.76. The lowest BCUT2D eigenvalue weighted by Crippen LogP contribution is -2.24. The maximum absolute atomic E-state index is 12.0. The lowest BCUT2D eigenvalue weighted by Gasteiger charge is -2.11. The SMILES string of the molecule is CCCCNC(=O)c1ccc(OCC)c(COC)c1. The molecule has 0 aliphatic heterocycles. The molecule has 0 radical (unpaired) electrons. The van der Waals surface area contributed by atoms with Crippen LogP contribution in [0.5, 0.6) is 5.75 Å². The molecule has 4 heteroatoms. The summed E-state index contributed by atoms with van der Waals surface area (Å²) in [7, 11) is 1.63. The van der Waals surface area contributed by atoms with E-state index < -0.39 is 0 Å². The Morgan fingerprint density at radius 3 is 2.74 bits per heavy atom. The smallest absolute Gasteiger partial charge is 0.251 e. The summed E-state index contributed by atoms with van der Waals surface area (Å²) in [6.45, 7) is 5.77. The first-order valence-electron chi connectivity index (χ1n) is 6.75. The van der Waals surface area contributed by atoms with E-state index in [1.165, 1.54) is 0 Å². The quantitative estimate of drug-likeness (QED) is 0.735. The summed E-state index contributed by atoms with van der Waals surface area (Å²) >= 11 is 0. The van der Waals surface area contributed by atoms with Crippen LogP contribution < -0.4 is 10.1 Å². The van der Waals surface area contributed by atoms with Crippen LogP contribution in [0.1, 0.15) is 42.6 Å². The number of hydrogen-bond donors (Lipinski definition) is 1. The van der Waals surface area contributed by atoms with E-state index in [-0.39, 0.29) is 5.91 Å². The van der Waals surface area contributed by atoms with E-state index in [1.807, 2.05) is 19.1 Å². The van der Waals surface area contributed by atoms with Gasteiger partial charge in [-0.1, -0.05) is 13.3 Å². The van der Waals surface area contributed by atoms with Crippen LogP contribution in [-0.4, -0.2) is 26.2 Å². The first kappa shape index (κ1) is 15.5. The van der Waals surface area contributed by atoms with Crippen LogP contribution in [0.25, 0.3) is 0 Å². The van der Waals surface area contributed by atoms with Gasteiger partial charge in [0.05, 0.1) is 13.2 Å². The Kier molecular flexibility index (Phi) is 6.97. The molecule has 1 aromatic rings. The van der Waals surface area contributed by atoms with Gasteiger partial charge in [-0.25, -0.2) is 0 Å². The van der Waals surface area contributed by atoms with Crippen molar-refractivity contribution in [3.63, 3.8) is 0 Å². The molecule has 19 heavy (non-hydrogen) atoms. The number of rotatable bonds is 8. The Morgan fingerprint density at radius 2 is 2.11 bits per heavy atom. The number of methoxy groups -OCH3 is 1. The van der Waals surface area contributed by atoms with E-state index in [2.05, 4.69) is 12.2 Å². The highest BCUT2D eigenvalue weighted by Gasteiger charge is 2.10. The standard InChI is InChI=1S/C15H23NO3/c1-4-6-9-16-15(17)12-7-8-14(19-5-2)13(10-12)11-18-3/h7-8,10H,4-6,9,11H2,1-3H3,(H,16,17). The van der Waals surface area contributed by atoms with Gasteiger partial charge in [0, 0.05) is 24.8 Å². The molecule has 1 N–H and O–H groups in total. The van der Waals surface area contributed by atoms with E-state index in [0.717, 1.165) is 24.2 Å². The number of unbranched alkanes of at least 4 members (excludes halogenated alkanes) is 1. The summed E-state index contributed by atoms with van der Waals surface area (Å²) in [5, 5.41) is 2.90. The lowest BCUT2D eigenvalue weighted by molar-refractivity contribution is 0.0952. The second kappa shape index (κ2) is 8.53. The van der Waals surface area contributed by atoms with E-state index in [0.29, 0.717) is 25.3 Å². The van der Waals surface area contributed by atoms with Crippen molar-refractivity contribution in [3.05, 3.63) is 29.3 Å². The van der Waals surface area contributed by atoms with Crippen LogP contribution in [0, 0.1) is 0 Å². The molecule has 0 unspecified atom stereocenters. The van der Waals surface area contributed by atoms with Gasteiger partial charge in [-0.15, -0.1) is 0 Å². The highest BCUT2D eigenvalue weighted by Crippen LogP contribution is 2.21. The van der Waals surface area contributed by atoms with Crippen LogP contribution in [0.3, 0.4) is 0 Å². The zero-order valence-electron chi connectivity index (χ0n) is 12.0. The highest BCUT2D eigenvalue weighted by molar-refractivity contribution is 5.94. The van der Waals surface area contributed by atoms with Crippen LogP contribution in [0.2, 0.25) is 0 Å². The average molecular weight is 265 g/mol. The van der Waals surface area contributed by atoms with Gasteiger partial charge in [-0.3, -0.25) is 4.79 Å². The van der Waals surface area contributed by atoms with Gasteiger partial charge >= 0.3 is 0 Å². The third kappa shape index (κ3) is 4.91. The summed E-state index contributed by atoms with van der Waals surface area (Å²) in [5.41, 5.74) is 1.54. The Hall–Kier alpha value is -1.55. The fraction of sp³-hybridized carbons (Fsp3) is 0.533. The molecule has 0 saturated carbocycles. The number of benzene rings is 1. The molecule has 0 aromatic heterocycles. The van der Waals surface area contributed by atoms with Gasteiger partial charge in [0.1, 0.15) is 5.75 Å². The molecule has 0 heterocycles. The van der Waals surface area contributed by atoms with Gasteiger partial charge < -0.3 is 14.8 Å². The van der Waals surface area contributed by atoms with E-state index in [4.69, 9.17) is 9.47 Å². The Balaban J connectivity index is 2.78. The molecule has 0 atom stereocenters. The number of hydrogen-bond acceptors (Lipinski definition) is 3. The van der Waals surface area contributed by atoms with Crippen molar-refractivity contribution in [2.24, 2.45) is 0 Å². The predicted molar refractivity (Wildman–Crippen MR) is 75.6 cm³/mol. The first-order valence-corrected chi connectivity index (χ1v) is 6.75. The van der Waals surface area contributed by atoms with Crippen LogP contribution >= 0.6 is 0 Å². The third-order valence-electron chi connectivity index (χ3n) is 2.74. The molecule has 1 amide bonds. The zero-order chi connectivity index (χ0) is 14.1. The molecular formula is C15H23NO3. The first-order chi connectivity index (χ1) is 9.22. The summed E-state index contributed by atoms with van der Waals surface area (Å²) in [4.78, 5) is 12.0. The molecule has 0 bridgehead atoms. The Labute approximate surface area is 115 Å². The zero-order valence-corrected chi connectivity index (χ0v) is 12.0. The molecule has 0 fully saturated rings. The largest absolute Gasteiger partial charge is 0.494 e. The second-order valence-corrected chi connectivity index (χ2v) is 4.30. The molecule has 0 saturated heterocycles. The molecule has 0 aliphatic rings. The fourth-order valence-corrected chi connectivity index (χ4v) is 1.77. The van der Waals surface area contributed by atoms with Crippen molar-refractivity contribution in [1.29, 1.82) is 0 Å². The molecule has 1 aromatic carbocycles. The minimum atomic E-state index is -0.0474. The van der Waals surface area contributed by atoms with E-state index in [9.17, 15) is 4.79 Å². The van der Waals surface area contributed by atoms with Crippen LogP contribution in [-0.2, 0) is 11.3 Å². The van der Waals surface area contributed by atoms with Crippen molar-refractivity contribution < 1.29 is 14.3 Å². The molecule has 4 nitrogen and oxygen atoms in total. The Morgan fingerprint density at radius 1 is 1.32 bits per heavy atom. The van der Waals surface area contributed by atoms with E-state index >= 15 is 0 Å². The monoisotopic (exact) mass is 265 g/mol. The highest BCUT2D eigenvalue weighted by atomic mass is 16.5. The minimum Gasteiger partial charge on any atom is -0.494 e. The number of ether oxygens (including phenoxy) is 2. The average Bonchev–Trinajstić information content (AvgIpc) is 2.41. The van der Waals surface area contributed by atoms with Crippen LogP contribution in [0.15, 0.2) is 18.2 Å². The third-order valence-corrected chi connectivity index (χ3v) is 2.74. The van der Waals surface area contributed by atoms with Crippen molar-refractivity contribution in [3.8, 4) is 5.75 Å². The number of amides is 1. The number of nitrogens with one attached hydrogen (secondary N) is 1. The maximum Gasteiger partial charge on any atom is 0.251 e. The molecular weight excluding hydrogens is 242 g/mol. The summed E-state index contributed by atoms with van der Waals surface area (Å²) in [6, 6.07) is 5.44. The summed E-state index contributed by atoms with van der Waals surface area (Å²) < 4.78 is 10.6. The normalized spacial score (nSPS) is 10.3. The van der Waals surface area contributed by atoms with Gasteiger partial charge in [0.25, 0.3) is 5.91 Å². The topological polar surface area (TPSA) is 47.6 Å². The molecule has 0 spiro atoms. The van der Waals surface area contributed by atoms with Gasteiger partial charge in [0.2, 0.25) is 0 Å². The van der Waals surface area contributed by atoms with Gasteiger partial charge in [-0.2, -0.15) is 0 Å². The number of carbonyl (C=O) groups is 1. The van der Waals surface area contributed by atoms with Crippen LogP contribution in [0.4, 0.5) is 0 Å². The van der Waals surface area contributed by atoms with E-state index in [1.54, 1.807) is 13.2 Å². The van der Waals surface area contributed by atoms with Crippen molar-refractivity contribution in [2.45, 2.75) is 33.3 Å². The molecule has 0 aliphatic carbocycles. The van der Waals surface area contributed by atoms with Gasteiger partial charge in [-0.05, 0) is 31.5 Å². The Bertz CT molecular complexity index is 404. The number of carbonyl (C=O) groups excluding carboxylic acids is 1. The fourth-order valence-electron chi connectivity index (χ4n) is 1.77. The molecule has 106 valence electrons. The lowest BCUT2D eigenvalue weighted by atomic mass is 10.1. The second-order valence-electron chi connectivity index (χ2n) is 4.30. The maximum atomic E-state index is 12.0. The van der Waals surface area contributed by atoms with Gasteiger partial charge in [0.15, 0.2) is 0 Å². The van der Waals surface area contributed by atoms with Crippen molar-refractivity contribution in [2.75, 3.05) is 20.3 Å². The molecule has 1 rings (SSSR count). The minimum absolute atomic E-state index is 0.0474. The van der Waals surface area contributed by atoms with Crippen molar-refractivity contribution in [1.82, 2.24) is 5.32 Å².